The second-order valence-corrected chi connectivity index (χ2v) is 8.85. The Morgan fingerprint density at radius 2 is 1.79 bits per heavy atom. The molecular formula is C28H35NO4. The molecule has 0 saturated carbocycles. The van der Waals surface area contributed by atoms with Crippen LogP contribution in [0.4, 0.5) is 0 Å². The molecule has 0 amide bonds. The van der Waals surface area contributed by atoms with Crippen molar-refractivity contribution in [3.8, 4) is 11.5 Å². The number of hydrogen-bond acceptors (Lipinski definition) is 5. The number of furan rings is 1. The largest absolute Gasteiger partial charge is 0.488 e. The number of fused-ring (bicyclic) bond motifs is 1. The van der Waals surface area contributed by atoms with E-state index in [9.17, 15) is 0 Å². The number of hydrogen-bond donors (Lipinski definition) is 0. The van der Waals surface area contributed by atoms with E-state index in [-0.39, 0.29) is 0 Å². The van der Waals surface area contributed by atoms with E-state index in [1.165, 1.54) is 5.56 Å². The predicted molar refractivity (Wildman–Crippen MR) is 133 cm³/mol. The molecule has 0 unspecified atom stereocenters. The zero-order chi connectivity index (χ0) is 23.2. The van der Waals surface area contributed by atoms with Crippen molar-refractivity contribution in [3.05, 3.63) is 65.9 Å². The summed E-state index contributed by atoms with van der Waals surface area (Å²) in [6.45, 7) is 16.0. The van der Waals surface area contributed by atoms with Gasteiger partial charge in [0.25, 0.3) is 0 Å². The lowest BCUT2D eigenvalue weighted by Gasteiger charge is -2.27. The Hall–Kier alpha value is -2.76. The van der Waals surface area contributed by atoms with E-state index < -0.39 is 0 Å². The first kappa shape index (κ1) is 23.4. The maximum atomic E-state index is 6.40. The Morgan fingerprint density at radius 3 is 2.52 bits per heavy atom. The molecule has 1 aromatic heterocycles. The zero-order valence-corrected chi connectivity index (χ0v) is 20.1. The lowest BCUT2D eigenvalue weighted by molar-refractivity contribution is 0.0320. The number of rotatable bonds is 10. The van der Waals surface area contributed by atoms with Gasteiger partial charge < -0.3 is 18.6 Å². The summed E-state index contributed by atoms with van der Waals surface area (Å²) in [6, 6.07) is 12.5. The molecule has 0 aliphatic carbocycles. The Balaban J connectivity index is 1.56. The van der Waals surface area contributed by atoms with Gasteiger partial charge in [0.15, 0.2) is 11.3 Å². The van der Waals surface area contributed by atoms with Crippen molar-refractivity contribution in [2.45, 2.75) is 33.1 Å². The van der Waals surface area contributed by atoms with Gasteiger partial charge in [-0.25, -0.2) is 0 Å². The molecule has 3 aromatic rings. The van der Waals surface area contributed by atoms with E-state index >= 15 is 0 Å². The third kappa shape index (κ3) is 5.43. The van der Waals surface area contributed by atoms with Crippen LogP contribution in [-0.4, -0.2) is 51.0 Å². The molecule has 0 spiro atoms. The van der Waals surface area contributed by atoms with Gasteiger partial charge in [-0.3, -0.25) is 4.90 Å². The second-order valence-electron chi connectivity index (χ2n) is 8.85. The van der Waals surface area contributed by atoms with Crippen LogP contribution in [0.15, 0.2) is 53.7 Å². The van der Waals surface area contributed by atoms with Crippen LogP contribution in [0.1, 0.15) is 42.9 Å². The fraction of sp³-hybridized carbons (Fsp3) is 0.429. The predicted octanol–water partition coefficient (Wildman–Crippen LogP) is 6.06. The molecule has 2 aromatic carbocycles. The summed E-state index contributed by atoms with van der Waals surface area (Å²) in [6.07, 6.45) is 2.62. The van der Waals surface area contributed by atoms with Gasteiger partial charge in [-0.15, -0.1) is 0 Å². The molecule has 5 heteroatoms. The first-order valence-corrected chi connectivity index (χ1v) is 11.9. The van der Waals surface area contributed by atoms with Gasteiger partial charge in [0.1, 0.15) is 6.61 Å². The van der Waals surface area contributed by atoms with Crippen LogP contribution < -0.4 is 9.47 Å². The molecule has 1 aliphatic rings. The van der Waals surface area contributed by atoms with Gasteiger partial charge in [-0.2, -0.15) is 0 Å². The van der Waals surface area contributed by atoms with Gasteiger partial charge in [0.2, 0.25) is 5.75 Å². The highest BCUT2D eigenvalue weighted by Crippen LogP contribution is 2.45. The highest BCUT2D eigenvalue weighted by molar-refractivity contribution is 5.95. The highest BCUT2D eigenvalue weighted by atomic mass is 16.5. The molecular weight excluding hydrogens is 414 g/mol. The van der Waals surface area contributed by atoms with Gasteiger partial charge >= 0.3 is 0 Å². The summed E-state index contributed by atoms with van der Waals surface area (Å²) in [5.74, 6) is 1.82. The maximum Gasteiger partial charge on any atom is 0.205 e. The minimum absolute atomic E-state index is 0.398. The van der Waals surface area contributed by atoms with Crippen molar-refractivity contribution in [1.82, 2.24) is 4.90 Å². The van der Waals surface area contributed by atoms with Crippen molar-refractivity contribution < 1.29 is 18.6 Å². The molecule has 0 N–H and O–H groups in total. The van der Waals surface area contributed by atoms with Crippen molar-refractivity contribution in [3.63, 3.8) is 0 Å². The highest BCUT2D eigenvalue weighted by Gasteiger charge is 2.23. The van der Waals surface area contributed by atoms with Gasteiger partial charge in [-0.05, 0) is 49.0 Å². The molecule has 5 nitrogen and oxygen atoms in total. The standard InChI is InChI=1S/C28H35NO4/c1-20(2)25-22(4)24-11-16-31-26(24)28(27(25)33-19-14-29-12-17-30-18-13-29)32-15-10-21(3)23-8-6-5-7-9-23/h5-9,11,16,21H,1,10,12-15,17-19H2,2-4H3/t21-/m1/s1. The minimum atomic E-state index is 0.398. The van der Waals surface area contributed by atoms with Crippen LogP contribution >= 0.6 is 0 Å². The molecule has 176 valence electrons. The Morgan fingerprint density at radius 1 is 1.06 bits per heavy atom. The van der Waals surface area contributed by atoms with Crippen LogP contribution in [0.25, 0.3) is 16.5 Å². The average Bonchev–Trinajstić information content (AvgIpc) is 3.32. The van der Waals surface area contributed by atoms with E-state index in [0.717, 1.165) is 72.7 Å². The van der Waals surface area contributed by atoms with Crippen LogP contribution in [-0.2, 0) is 4.74 Å². The van der Waals surface area contributed by atoms with Crippen LogP contribution in [0.2, 0.25) is 0 Å². The van der Waals surface area contributed by atoms with E-state index in [2.05, 4.69) is 49.6 Å². The summed E-state index contributed by atoms with van der Waals surface area (Å²) < 4.78 is 24.1. The summed E-state index contributed by atoms with van der Waals surface area (Å²) in [5.41, 5.74) is 5.14. The number of aryl methyl sites for hydroxylation is 1. The molecule has 4 rings (SSSR count). The van der Waals surface area contributed by atoms with Crippen LogP contribution in [0.5, 0.6) is 11.5 Å². The van der Waals surface area contributed by atoms with Crippen molar-refractivity contribution in [2.24, 2.45) is 0 Å². The molecule has 1 atom stereocenters. The molecule has 2 heterocycles. The number of morpholine rings is 1. The van der Waals surface area contributed by atoms with Gasteiger partial charge in [-0.1, -0.05) is 43.8 Å². The Kier molecular flexibility index (Phi) is 7.73. The van der Waals surface area contributed by atoms with Gasteiger partial charge in [0.05, 0.1) is 26.1 Å². The number of benzene rings is 2. The topological polar surface area (TPSA) is 44.1 Å². The number of ether oxygens (including phenoxy) is 3. The number of allylic oxidation sites excluding steroid dienone is 1. The van der Waals surface area contributed by atoms with E-state index in [1.807, 2.05) is 19.1 Å². The van der Waals surface area contributed by atoms with Crippen LogP contribution in [0.3, 0.4) is 0 Å². The minimum Gasteiger partial charge on any atom is -0.488 e. The SMILES string of the molecule is C=C(C)c1c(OCCN2CCOCC2)c(OCC[C@@H](C)c2ccccc2)c2occc2c1C. The van der Waals surface area contributed by atoms with E-state index in [4.69, 9.17) is 18.6 Å². The first-order valence-electron chi connectivity index (χ1n) is 11.9. The third-order valence-electron chi connectivity index (χ3n) is 6.43. The summed E-state index contributed by atoms with van der Waals surface area (Å²) in [4.78, 5) is 2.37. The molecule has 0 radical (unpaired) electrons. The smallest absolute Gasteiger partial charge is 0.205 e. The maximum absolute atomic E-state index is 6.40. The normalized spacial score (nSPS) is 15.5. The van der Waals surface area contributed by atoms with Gasteiger partial charge in [0, 0.05) is 30.6 Å². The molecule has 1 saturated heterocycles. The molecule has 0 bridgehead atoms. The van der Waals surface area contributed by atoms with E-state index in [1.54, 1.807) is 6.26 Å². The van der Waals surface area contributed by atoms with Crippen molar-refractivity contribution in [2.75, 3.05) is 46.1 Å². The van der Waals surface area contributed by atoms with Crippen LogP contribution in [0, 0.1) is 6.92 Å². The Labute approximate surface area is 196 Å². The van der Waals surface area contributed by atoms with Crippen molar-refractivity contribution >= 4 is 16.5 Å². The summed E-state index contributed by atoms with van der Waals surface area (Å²) >= 11 is 0. The Bertz CT molecular complexity index is 1070. The summed E-state index contributed by atoms with van der Waals surface area (Å²) in [5, 5.41) is 1.04. The fourth-order valence-electron chi connectivity index (χ4n) is 4.47. The lowest BCUT2D eigenvalue weighted by atomic mass is 9.97. The third-order valence-corrected chi connectivity index (χ3v) is 6.43. The van der Waals surface area contributed by atoms with E-state index in [0.29, 0.717) is 24.9 Å². The summed E-state index contributed by atoms with van der Waals surface area (Å²) in [7, 11) is 0. The average molecular weight is 450 g/mol. The molecule has 1 aliphatic heterocycles. The fourth-order valence-corrected chi connectivity index (χ4v) is 4.47. The van der Waals surface area contributed by atoms with Crippen molar-refractivity contribution in [1.29, 1.82) is 0 Å². The number of nitrogens with zero attached hydrogens (tertiary/aromatic N) is 1. The molecule has 1 fully saturated rings. The lowest BCUT2D eigenvalue weighted by Crippen LogP contribution is -2.38. The first-order chi connectivity index (χ1) is 16.1. The monoisotopic (exact) mass is 449 g/mol. The molecule has 33 heavy (non-hydrogen) atoms. The second kappa shape index (κ2) is 10.9. The quantitative estimate of drug-likeness (QED) is 0.377. The zero-order valence-electron chi connectivity index (χ0n) is 20.1.